The van der Waals surface area contributed by atoms with E-state index in [1.54, 1.807) is 11.1 Å². The van der Waals surface area contributed by atoms with Gasteiger partial charge in [0, 0.05) is 36.1 Å². The number of nitrogens with zero attached hydrogens (tertiary/aromatic N) is 4. The van der Waals surface area contributed by atoms with Crippen LogP contribution in [0.1, 0.15) is 19.0 Å². The van der Waals surface area contributed by atoms with E-state index in [4.69, 9.17) is 4.98 Å². The van der Waals surface area contributed by atoms with E-state index in [-0.39, 0.29) is 12.1 Å². The molecule has 1 aliphatic rings. The van der Waals surface area contributed by atoms with Gasteiger partial charge >= 0.3 is 6.03 Å². The standard InChI is InChI=1S/C21H21FN6O/c1-13-3-4-15(10-25-13)18-5-6-19-20(27-18)28(14(2)7-8-24-19)21(29)26-17-9-16(22)11-23-12-17/h3-6,9-12,14,24H,7-8H2,1-2H3,(H,26,29)/t14-/m1/s1. The highest BCUT2D eigenvalue weighted by molar-refractivity contribution is 6.03. The maximum absolute atomic E-state index is 13.5. The number of nitrogens with one attached hydrogen (secondary N) is 2. The highest BCUT2D eigenvalue weighted by Crippen LogP contribution is 2.32. The molecule has 1 atom stereocenters. The molecule has 0 aromatic carbocycles. The van der Waals surface area contributed by atoms with Gasteiger partial charge in [0.2, 0.25) is 0 Å². The van der Waals surface area contributed by atoms with Crippen LogP contribution in [0, 0.1) is 12.7 Å². The zero-order valence-corrected chi connectivity index (χ0v) is 16.2. The molecule has 8 heteroatoms. The monoisotopic (exact) mass is 392 g/mol. The van der Waals surface area contributed by atoms with E-state index in [1.165, 1.54) is 12.3 Å². The Labute approximate surface area is 168 Å². The molecule has 1 aliphatic heterocycles. The number of carbonyl (C=O) groups is 1. The van der Waals surface area contributed by atoms with E-state index >= 15 is 0 Å². The van der Waals surface area contributed by atoms with Gasteiger partial charge < -0.3 is 10.6 Å². The van der Waals surface area contributed by atoms with E-state index in [2.05, 4.69) is 20.6 Å². The third kappa shape index (κ3) is 4.01. The van der Waals surface area contributed by atoms with Crippen molar-refractivity contribution in [2.24, 2.45) is 0 Å². The number of carbonyl (C=O) groups excluding carboxylic acids is 1. The lowest BCUT2D eigenvalue weighted by Crippen LogP contribution is -2.42. The second kappa shape index (κ2) is 7.83. The number of pyridine rings is 3. The number of hydrogen-bond donors (Lipinski definition) is 2. The average Bonchev–Trinajstić information content (AvgIpc) is 2.86. The van der Waals surface area contributed by atoms with Crippen molar-refractivity contribution in [1.82, 2.24) is 15.0 Å². The van der Waals surface area contributed by atoms with Crippen LogP contribution in [0.15, 0.2) is 48.9 Å². The zero-order chi connectivity index (χ0) is 20.4. The summed E-state index contributed by atoms with van der Waals surface area (Å²) < 4.78 is 13.5. The van der Waals surface area contributed by atoms with Crippen molar-refractivity contribution in [2.45, 2.75) is 26.3 Å². The number of aryl methyl sites for hydroxylation is 1. The Hall–Kier alpha value is -3.55. The summed E-state index contributed by atoms with van der Waals surface area (Å²) in [5.74, 6) is 0.0102. The number of hydrogen-bond acceptors (Lipinski definition) is 5. The minimum absolute atomic E-state index is 0.107. The van der Waals surface area contributed by atoms with Gasteiger partial charge in [-0.05, 0) is 44.5 Å². The van der Waals surface area contributed by atoms with E-state index < -0.39 is 5.82 Å². The number of halogens is 1. The molecule has 0 fully saturated rings. The lowest BCUT2D eigenvalue weighted by molar-refractivity contribution is 0.255. The molecule has 7 nitrogen and oxygen atoms in total. The molecule has 4 heterocycles. The fourth-order valence-corrected chi connectivity index (χ4v) is 3.26. The SMILES string of the molecule is Cc1ccc(-c2ccc3c(n2)N(C(=O)Nc2cncc(F)c2)[C@H](C)CCN3)cn1. The number of amides is 2. The quantitative estimate of drug-likeness (QED) is 0.682. The Balaban J connectivity index is 1.71. The van der Waals surface area contributed by atoms with E-state index in [0.717, 1.165) is 35.3 Å². The molecule has 0 saturated heterocycles. The summed E-state index contributed by atoms with van der Waals surface area (Å²) in [5, 5.41) is 6.05. The average molecular weight is 392 g/mol. The van der Waals surface area contributed by atoms with Crippen LogP contribution in [0.25, 0.3) is 11.3 Å². The normalized spacial score (nSPS) is 15.8. The summed E-state index contributed by atoms with van der Waals surface area (Å²) in [6.07, 6.45) is 5.00. The van der Waals surface area contributed by atoms with Crippen molar-refractivity contribution in [3.8, 4) is 11.3 Å². The van der Waals surface area contributed by atoms with Crippen molar-refractivity contribution in [3.63, 3.8) is 0 Å². The first-order valence-electron chi connectivity index (χ1n) is 9.40. The summed E-state index contributed by atoms with van der Waals surface area (Å²) in [6.45, 7) is 4.60. The predicted octanol–water partition coefficient (Wildman–Crippen LogP) is 4.23. The summed E-state index contributed by atoms with van der Waals surface area (Å²) >= 11 is 0. The van der Waals surface area contributed by atoms with Crippen molar-refractivity contribution in [2.75, 3.05) is 22.1 Å². The molecule has 2 amide bonds. The molecule has 148 valence electrons. The number of aromatic nitrogens is 3. The fourth-order valence-electron chi connectivity index (χ4n) is 3.26. The van der Waals surface area contributed by atoms with Gasteiger partial charge in [0.25, 0.3) is 0 Å². The molecule has 3 aromatic heterocycles. The Bertz CT molecular complexity index is 1040. The molecular weight excluding hydrogens is 371 g/mol. The summed E-state index contributed by atoms with van der Waals surface area (Å²) in [6, 6.07) is 8.43. The van der Waals surface area contributed by atoms with Crippen molar-refractivity contribution in [1.29, 1.82) is 0 Å². The van der Waals surface area contributed by atoms with E-state index in [0.29, 0.717) is 18.1 Å². The van der Waals surface area contributed by atoms with Gasteiger partial charge in [0.05, 0.1) is 29.5 Å². The maximum atomic E-state index is 13.5. The number of urea groups is 1. The van der Waals surface area contributed by atoms with Crippen LogP contribution >= 0.6 is 0 Å². The largest absolute Gasteiger partial charge is 0.382 e. The van der Waals surface area contributed by atoms with Crippen LogP contribution in [0.2, 0.25) is 0 Å². The second-order valence-electron chi connectivity index (χ2n) is 7.01. The number of fused-ring (bicyclic) bond motifs is 1. The van der Waals surface area contributed by atoms with Crippen LogP contribution in [-0.4, -0.2) is 33.6 Å². The van der Waals surface area contributed by atoms with Crippen LogP contribution in [0.3, 0.4) is 0 Å². The van der Waals surface area contributed by atoms with Crippen molar-refractivity contribution in [3.05, 3.63) is 60.4 Å². The molecule has 29 heavy (non-hydrogen) atoms. The molecule has 0 radical (unpaired) electrons. The number of anilines is 3. The van der Waals surface area contributed by atoms with Gasteiger partial charge in [-0.3, -0.25) is 14.9 Å². The maximum Gasteiger partial charge on any atom is 0.327 e. The topological polar surface area (TPSA) is 83.0 Å². The molecule has 0 aliphatic carbocycles. The van der Waals surface area contributed by atoms with Crippen molar-refractivity contribution < 1.29 is 9.18 Å². The number of rotatable bonds is 2. The Kier molecular flexibility index (Phi) is 5.07. The van der Waals surface area contributed by atoms with Gasteiger partial charge in [-0.2, -0.15) is 0 Å². The Morgan fingerprint density at radius 1 is 1.24 bits per heavy atom. The first kappa shape index (κ1) is 18.8. The molecular formula is C21H21FN6O. The summed E-state index contributed by atoms with van der Waals surface area (Å²) in [4.78, 5) is 27.6. The molecule has 0 spiro atoms. The zero-order valence-electron chi connectivity index (χ0n) is 16.2. The van der Waals surface area contributed by atoms with Gasteiger partial charge in [0.15, 0.2) is 5.82 Å². The molecule has 0 unspecified atom stereocenters. The Morgan fingerprint density at radius 3 is 2.86 bits per heavy atom. The third-order valence-corrected chi connectivity index (χ3v) is 4.80. The Morgan fingerprint density at radius 2 is 2.10 bits per heavy atom. The second-order valence-corrected chi connectivity index (χ2v) is 7.01. The highest BCUT2D eigenvalue weighted by Gasteiger charge is 2.28. The summed E-state index contributed by atoms with van der Waals surface area (Å²) in [5.41, 5.74) is 3.57. The first-order valence-corrected chi connectivity index (χ1v) is 9.40. The lowest BCUT2D eigenvalue weighted by Gasteiger charge is -2.27. The van der Waals surface area contributed by atoms with Crippen LogP contribution in [0.5, 0.6) is 0 Å². The first-order chi connectivity index (χ1) is 14.0. The predicted molar refractivity (Wildman–Crippen MR) is 110 cm³/mol. The van der Waals surface area contributed by atoms with Crippen LogP contribution in [-0.2, 0) is 0 Å². The smallest absolute Gasteiger partial charge is 0.327 e. The van der Waals surface area contributed by atoms with Gasteiger partial charge in [-0.1, -0.05) is 0 Å². The summed E-state index contributed by atoms with van der Waals surface area (Å²) in [7, 11) is 0. The molecule has 3 aromatic rings. The lowest BCUT2D eigenvalue weighted by atomic mass is 10.1. The van der Waals surface area contributed by atoms with Gasteiger partial charge in [0.1, 0.15) is 5.82 Å². The molecule has 2 N–H and O–H groups in total. The molecule has 0 saturated carbocycles. The minimum atomic E-state index is -0.513. The van der Waals surface area contributed by atoms with E-state index in [1.807, 2.05) is 38.1 Å². The molecule has 0 bridgehead atoms. The highest BCUT2D eigenvalue weighted by atomic mass is 19.1. The van der Waals surface area contributed by atoms with Gasteiger partial charge in [-0.15, -0.1) is 0 Å². The third-order valence-electron chi connectivity index (χ3n) is 4.80. The van der Waals surface area contributed by atoms with E-state index in [9.17, 15) is 9.18 Å². The molecule has 4 rings (SSSR count). The van der Waals surface area contributed by atoms with Crippen molar-refractivity contribution >= 4 is 23.2 Å². The van der Waals surface area contributed by atoms with Crippen LogP contribution < -0.4 is 15.5 Å². The minimum Gasteiger partial charge on any atom is -0.382 e. The fraction of sp³-hybridized carbons (Fsp3) is 0.238. The van der Waals surface area contributed by atoms with Gasteiger partial charge in [-0.25, -0.2) is 14.2 Å². The van der Waals surface area contributed by atoms with Crippen LogP contribution in [0.4, 0.5) is 26.4 Å².